The smallest absolute Gasteiger partial charge is 0.0998 e. The van der Waals surface area contributed by atoms with Crippen molar-refractivity contribution >= 4 is 5.84 Å². The second-order valence-corrected chi connectivity index (χ2v) is 8.83. The lowest BCUT2D eigenvalue weighted by Gasteiger charge is -2.48. The van der Waals surface area contributed by atoms with Crippen LogP contribution in [0.1, 0.15) is 50.2 Å². The Morgan fingerprint density at radius 3 is 2.56 bits per heavy atom. The van der Waals surface area contributed by atoms with Crippen molar-refractivity contribution in [1.29, 1.82) is 0 Å². The first-order valence-electron chi connectivity index (χ1n) is 10.1. The predicted octanol–water partition coefficient (Wildman–Crippen LogP) is 3.95. The van der Waals surface area contributed by atoms with Crippen molar-refractivity contribution in [1.82, 2.24) is 4.90 Å². The van der Waals surface area contributed by atoms with Gasteiger partial charge >= 0.3 is 0 Å². The minimum atomic E-state index is 0.138. The first-order chi connectivity index (χ1) is 12.1. The Morgan fingerprint density at radius 1 is 1.08 bits per heavy atom. The fraction of sp³-hybridized carbons (Fsp3) is 0.682. The molecule has 0 amide bonds. The number of ether oxygens (including phenoxy) is 1. The summed E-state index contributed by atoms with van der Waals surface area (Å²) in [4.78, 5) is 8.06. The zero-order chi connectivity index (χ0) is 17.1. The summed E-state index contributed by atoms with van der Waals surface area (Å²) in [5, 5.41) is 0. The fourth-order valence-corrected chi connectivity index (χ4v) is 6.47. The van der Waals surface area contributed by atoms with Gasteiger partial charge in [-0.2, -0.15) is 0 Å². The van der Waals surface area contributed by atoms with Gasteiger partial charge in [0.1, 0.15) is 0 Å². The maximum Gasteiger partial charge on any atom is 0.0998 e. The van der Waals surface area contributed by atoms with E-state index in [4.69, 9.17) is 9.73 Å². The molecule has 1 spiro atoms. The van der Waals surface area contributed by atoms with Crippen LogP contribution in [0.25, 0.3) is 0 Å². The van der Waals surface area contributed by atoms with Gasteiger partial charge in [0.25, 0.3) is 0 Å². The zero-order valence-electron chi connectivity index (χ0n) is 15.6. The number of nitrogens with zero attached hydrogens (tertiary/aromatic N) is 2. The van der Waals surface area contributed by atoms with Gasteiger partial charge < -0.3 is 9.64 Å². The number of hydrogen-bond acceptors (Lipinski definition) is 3. The molecule has 1 saturated heterocycles. The molecule has 1 aromatic carbocycles. The van der Waals surface area contributed by atoms with Crippen molar-refractivity contribution in [3.05, 3.63) is 35.4 Å². The largest absolute Gasteiger partial charge is 0.378 e. The van der Waals surface area contributed by atoms with E-state index >= 15 is 0 Å². The van der Waals surface area contributed by atoms with Gasteiger partial charge in [-0.05, 0) is 50.0 Å². The molecule has 2 aliphatic heterocycles. The molecule has 2 aliphatic carbocycles. The number of aryl methyl sites for hydroxylation is 1. The molecule has 2 saturated carbocycles. The van der Waals surface area contributed by atoms with Crippen LogP contribution in [-0.4, -0.2) is 42.6 Å². The van der Waals surface area contributed by atoms with E-state index in [-0.39, 0.29) is 11.0 Å². The molecule has 3 nitrogen and oxygen atoms in total. The Labute approximate surface area is 151 Å². The molecule has 4 aliphatic rings. The molecule has 4 atom stereocenters. The lowest BCUT2D eigenvalue weighted by molar-refractivity contribution is 0.0673. The number of amidine groups is 1. The molecule has 3 heteroatoms. The lowest BCUT2D eigenvalue weighted by atomic mass is 9.58. The molecular weight excluding hydrogens is 308 g/mol. The Hall–Kier alpha value is -1.35. The highest BCUT2D eigenvalue weighted by atomic mass is 16.5. The number of rotatable bonds is 1. The van der Waals surface area contributed by atoms with Crippen molar-refractivity contribution < 1.29 is 4.74 Å². The Morgan fingerprint density at radius 2 is 1.80 bits per heavy atom. The monoisotopic (exact) mass is 338 g/mol. The van der Waals surface area contributed by atoms with Gasteiger partial charge in [-0.25, -0.2) is 0 Å². The molecular formula is C22H30N2O. The Bertz CT molecular complexity index is 690. The maximum atomic E-state index is 5.56. The molecule has 0 N–H and O–H groups in total. The number of hydrogen-bond donors (Lipinski definition) is 0. The molecule has 3 fully saturated rings. The first-order valence-corrected chi connectivity index (χ1v) is 10.1. The van der Waals surface area contributed by atoms with E-state index in [9.17, 15) is 0 Å². The van der Waals surface area contributed by atoms with Gasteiger partial charge in [0.15, 0.2) is 0 Å². The van der Waals surface area contributed by atoms with E-state index in [1.165, 1.54) is 42.6 Å². The van der Waals surface area contributed by atoms with Crippen LogP contribution in [0.4, 0.5) is 0 Å². The van der Waals surface area contributed by atoms with Gasteiger partial charge in [0, 0.05) is 24.9 Å². The summed E-state index contributed by atoms with van der Waals surface area (Å²) in [6.45, 7) is 8.47. The van der Waals surface area contributed by atoms with Crippen molar-refractivity contribution in [3.8, 4) is 0 Å². The van der Waals surface area contributed by atoms with Crippen LogP contribution in [0.2, 0.25) is 0 Å². The summed E-state index contributed by atoms with van der Waals surface area (Å²) in [6.07, 6.45) is 6.55. The third-order valence-corrected chi connectivity index (χ3v) is 7.91. The Balaban J connectivity index is 1.56. The van der Waals surface area contributed by atoms with Crippen LogP contribution in [0.5, 0.6) is 0 Å². The van der Waals surface area contributed by atoms with Crippen molar-refractivity contribution in [2.45, 2.75) is 56.9 Å². The van der Waals surface area contributed by atoms with E-state index in [1.807, 2.05) is 0 Å². The Kier molecular flexibility index (Phi) is 3.54. The van der Waals surface area contributed by atoms with Gasteiger partial charge in [-0.1, -0.05) is 36.8 Å². The molecule has 4 unspecified atom stereocenters. The molecule has 1 aromatic rings. The quantitative estimate of drug-likeness (QED) is 0.775. The van der Waals surface area contributed by atoms with E-state index in [1.54, 1.807) is 0 Å². The summed E-state index contributed by atoms with van der Waals surface area (Å²) < 4.78 is 5.55. The number of fused-ring (bicyclic) bond motifs is 3. The third-order valence-electron chi connectivity index (χ3n) is 7.91. The lowest BCUT2D eigenvalue weighted by Crippen LogP contribution is -2.51. The van der Waals surface area contributed by atoms with Crippen LogP contribution in [0, 0.1) is 18.8 Å². The van der Waals surface area contributed by atoms with Crippen LogP contribution >= 0.6 is 0 Å². The molecule has 2 heterocycles. The summed E-state index contributed by atoms with van der Waals surface area (Å²) in [6, 6.07) is 9.36. The summed E-state index contributed by atoms with van der Waals surface area (Å²) in [5.74, 6) is 2.95. The average Bonchev–Trinajstić information content (AvgIpc) is 3.35. The number of benzene rings is 1. The highest BCUT2D eigenvalue weighted by molar-refractivity contribution is 5.85. The van der Waals surface area contributed by atoms with Crippen molar-refractivity contribution in [2.24, 2.45) is 16.8 Å². The molecule has 5 rings (SSSR count). The molecule has 2 bridgehead atoms. The molecule has 0 aromatic heterocycles. The predicted molar refractivity (Wildman–Crippen MR) is 101 cm³/mol. The van der Waals surface area contributed by atoms with Gasteiger partial charge in [-0.15, -0.1) is 0 Å². The number of morpholine rings is 1. The van der Waals surface area contributed by atoms with E-state index < -0.39 is 0 Å². The second-order valence-electron chi connectivity index (χ2n) is 8.83. The third kappa shape index (κ3) is 2.11. The molecule has 25 heavy (non-hydrogen) atoms. The highest BCUT2D eigenvalue weighted by Gasteiger charge is 2.67. The van der Waals surface area contributed by atoms with Gasteiger partial charge in [-0.3, -0.25) is 4.99 Å². The van der Waals surface area contributed by atoms with Crippen LogP contribution < -0.4 is 0 Å². The molecule has 134 valence electrons. The van der Waals surface area contributed by atoms with E-state index in [0.29, 0.717) is 0 Å². The highest BCUT2D eigenvalue weighted by Crippen LogP contribution is 2.66. The van der Waals surface area contributed by atoms with Crippen molar-refractivity contribution in [2.75, 3.05) is 26.3 Å². The number of aliphatic imine (C=N–C) groups is 1. The topological polar surface area (TPSA) is 24.8 Å². The second kappa shape index (κ2) is 5.57. The summed E-state index contributed by atoms with van der Waals surface area (Å²) in [7, 11) is 0. The first kappa shape index (κ1) is 15.9. The standard InChI is InChI=1S/C22H30N2O/c1-16-3-5-17(6-4-16)21(2)18-7-8-19(15-18)22(21)10-9-20(23-22)24-11-13-25-14-12-24/h3-6,18-19H,7-15H2,1-2H3. The van der Waals surface area contributed by atoms with Crippen LogP contribution in [0.15, 0.2) is 29.3 Å². The summed E-state index contributed by atoms with van der Waals surface area (Å²) >= 11 is 0. The van der Waals surface area contributed by atoms with Gasteiger partial charge in [0.05, 0.1) is 24.6 Å². The maximum absolute atomic E-state index is 5.56. The minimum absolute atomic E-state index is 0.138. The van der Waals surface area contributed by atoms with Crippen LogP contribution in [0.3, 0.4) is 0 Å². The normalized spacial score (nSPS) is 40.1. The van der Waals surface area contributed by atoms with Crippen LogP contribution in [-0.2, 0) is 10.2 Å². The van der Waals surface area contributed by atoms with Gasteiger partial charge in [0.2, 0.25) is 0 Å². The zero-order valence-corrected chi connectivity index (χ0v) is 15.6. The fourth-order valence-electron chi connectivity index (χ4n) is 6.47. The SMILES string of the molecule is Cc1ccc(C2(C)C3CCC(C3)C23CCC(N2CCOCC2)=N3)cc1. The minimum Gasteiger partial charge on any atom is -0.378 e. The van der Waals surface area contributed by atoms with Crippen molar-refractivity contribution in [3.63, 3.8) is 0 Å². The molecule has 0 radical (unpaired) electrons. The van der Waals surface area contributed by atoms with E-state index in [0.717, 1.165) is 44.6 Å². The average molecular weight is 338 g/mol. The summed E-state index contributed by atoms with van der Waals surface area (Å²) in [5.41, 5.74) is 3.22. The van der Waals surface area contributed by atoms with E-state index in [2.05, 4.69) is 43.0 Å².